The Labute approximate surface area is 120 Å². The molecule has 114 valence electrons. The van der Waals surface area contributed by atoms with Gasteiger partial charge in [-0.25, -0.2) is 4.79 Å². The molecule has 1 saturated carbocycles. The first kappa shape index (κ1) is 15.1. The van der Waals surface area contributed by atoms with Gasteiger partial charge in [0.2, 0.25) is 0 Å². The predicted octanol–water partition coefficient (Wildman–Crippen LogP) is 0.975. The van der Waals surface area contributed by atoms with Gasteiger partial charge in [-0.15, -0.1) is 0 Å². The average molecular weight is 283 g/mol. The van der Waals surface area contributed by atoms with Crippen molar-refractivity contribution in [3.63, 3.8) is 0 Å². The highest BCUT2D eigenvalue weighted by Gasteiger charge is 2.32. The molecular formula is C14H25N3O3. The standard InChI is InChI=1S/C14H25N3O3/c1-10(2)12(9-13(18)19)15-14(20)17-7-5-16(6-8-17)11-3-4-11/h10-12H,3-9H2,1-2H3,(H,15,20)(H,18,19). The molecule has 0 spiro atoms. The lowest BCUT2D eigenvalue weighted by Gasteiger charge is -2.36. The van der Waals surface area contributed by atoms with E-state index in [0.717, 1.165) is 32.2 Å². The largest absolute Gasteiger partial charge is 0.481 e. The summed E-state index contributed by atoms with van der Waals surface area (Å²) in [6.07, 6.45) is 2.56. The summed E-state index contributed by atoms with van der Waals surface area (Å²) in [4.78, 5) is 27.3. The second-order valence-corrected chi connectivity index (χ2v) is 6.15. The first-order valence-corrected chi connectivity index (χ1v) is 7.48. The zero-order chi connectivity index (χ0) is 14.7. The molecule has 6 heteroatoms. The van der Waals surface area contributed by atoms with Crippen LogP contribution in [-0.2, 0) is 4.79 Å². The van der Waals surface area contributed by atoms with Crippen LogP contribution in [0, 0.1) is 5.92 Å². The first-order chi connectivity index (χ1) is 9.47. The third-order valence-electron chi connectivity index (χ3n) is 4.17. The van der Waals surface area contributed by atoms with E-state index >= 15 is 0 Å². The van der Waals surface area contributed by atoms with Crippen LogP contribution in [-0.4, -0.2) is 65.2 Å². The van der Waals surface area contributed by atoms with E-state index in [2.05, 4.69) is 10.2 Å². The topological polar surface area (TPSA) is 72.9 Å². The minimum Gasteiger partial charge on any atom is -0.481 e. The summed E-state index contributed by atoms with van der Waals surface area (Å²) < 4.78 is 0. The Bertz CT molecular complexity index is 361. The molecule has 20 heavy (non-hydrogen) atoms. The van der Waals surface area contributed by atoms with E-state index in [1.54, 1.807) is 4.90 Å². The van der Waals surface area contributed by atoms with Crippen molar-refractivity contribution in [2.45, 2.75) is 45.2 Å². The van der Waals surface area contributed by atoms with E-state index in [0.29, 0.717) is 0 Å². The molecule has 0 radical (unpaired) electrons. The van der Waals surface area contributed by atoms with Gasteiger partial charge in [-0.05, 0) is 18.8 Å². The van der Waals surface area contributed by atoms with E-state index < -0.39 is 5.97 Å². The fourth-order valence-electron chi connectivity index (χ4n) is 2.62. The molecule has 0 aromatic heterocycles. The predicted molar refractivity (Wildman–Crippen MR) is 75.6 cm³/mol. The van der Waals surface area contributed by atoms with E-state index in [9.17, 15) is 9.59 Å². The zero-order valence-corrected chi connectivity index (χ0v) is 12.3. The SMILES string of the molecule is CC(C)C(CC(=O)O)NC(=O)N1CCN(C2CC2)CC1. The quantitative estimate of drug-likeness (QED) is 0.789. The second-order valence-electron chi connectivity index (χ2n) is 6.15. The van der Waals surface area contributed by atoms with Gasteiger partial charge in [0.25, 0.3) is 0 Å². The van der Waals surface area contributed by atoms with Crippen LogP contribution in [0.5, 0.6) is 0 Å². The van der Waals surface area contributed by atoms with E-state index in [-0.39, 0.29) is 24.4 Å². The molecule has 0 aromatic carbocycles. The Morgan fingerprint density at radius 2 is 1.80 bits per heavy atom. The summed E-state index contributed by atoms with van der Waals surface area (Å²) >= 11 is 0. The number of carboxylic acid groups (broad SMARTS) is 1. The summed E-state index contributed by atoms with van der Waals surface area (Å²) in [5, 5.41) is 11.8. The van der Waals surface area contributed by atoms with Gasteiger partial charge in [0.1, 0.15) is 0 Å². The maximum Gasteiger partial charge on any atom is 0.317 e. The molecule has 2 aliphatic rings. The van der Waals surface area contributed by atoms with Crippen molar-refractivity contribution >= 4 is 12.0 Å². The number of aliphatic carboxylic acids is 1. The highest BCUT2D eigenvalue weighted by atomic mass is 16.4. The summed E-state index contributed by atoms with van der Waals surface area (Å²) in [6.45, 7) is 7.20. The second kappa shape index (κ2) is 6.43. The van der Waals surface area contributed by atoms with Crippen molar-refractivity contribution in [1.82, 2.24) is 15.1 Å². The fraction of sp³-hybridized carbons (Fsp3) is 0.857. The number of hydrogen-bond donors (Lipinski definition) is 2. The molecule has 6 nitrogen and oxygen atoms in total. The number of nitrogens with zero attached hydrogens (tertiary/aromatic N) is 2. The molecule has 0 aromatic rings. The molecule has 1 saturated heterocycles. The maximum absolute atomic E-state index is 12.2. The number of urea groups is 1. The summed E-state index contributed by atoms with van der Waals surface area (Å²) in [6, 6.07) is 0.317. The Kier molecular flexibility index (Phi) is 4.86. The van der Waals surface area contributed by atoms with Gasteiger partial charge < -0.3 is 15.3 Å². The monoisotopic (exact) mass is 283 g/mol. The van der Waals surface area contributed by atoms with Crippen molar-refractivity contribution in [2.75, 3.05) is 26.2 Å². The number of hydrogen-bond acceptors (Lipinski definition) is 3. The van der Waals surface area contributed by atoms with Crippen LogP contribution < -0.4 is 5.32 Å². The van der Waals surface area contributed by atoms with Crippen LogP contribution in [0.25, 0.3) is 0 Å². The van der Waals surface area contributed by atoms with Crippen LogP contribution in [0.3, 0.4) is 0 Å². The Morgan fingerprint density at radius 3 is 2.25 bits per heavy atom. The molecule has 1 aliphatic carbocycles. The lowest BCUT2D eigenvalue weighted by atomic mass is 10.0. The number of nitrogens with one attached hydrogen (secondary N) is 1. The minimum absolute atomic E-state index is 0.0224. The smallest absolute Gasteiger partial charge is 0.317 e. The van der Waals surface area contributed by atoms with Crippen molar-refractivity contribution in [2.24, 2.45) is 5.92 Å². The average Bonchev–Trinajstić information content (AvgIpc) is 3.21. The molecule has 1 unspecified atom stereocenters. The van der Waals surface area contributed by atoms with Gasteiger partial charge in [-0.3, -0.25) is 9.69 Å². The van der Waals surface area contributed by atoms with Gasteiger partial charge in [0.05, 0.1) is 6.42 Å². The van der Waals surface area contributed by atoms with Crippen LogP contribution in [0.15, 0.2) is 0 Å². The Balaban J connectivity index is 1.79. The highest BCUT2D eigenvalue weighted by molar-refractivity contribution is 5.76. The van der Waals surface area contributed by atoms with E-state index in [4.69, 9.17) is 5.11 Å². The van der Waals surface area contributed by atoms with Crippen molar-refractivity contribution in [3.05, 3.63) is 0 Å². The molecule has 1 atom stereocenters. The van der Waals surface area contributed by atoms with Crippen LogP contribution >= 0.6 is 0 Å². The number of carbonyl (C=O) groups is 2. The third-order valence-corrected chi connectivity index (χ3v) is 4.17. The van der Waals surface area contributed by atoms with Gasteiger partial charge in [0, 0.05) is 38.3 Å². The number of carbonyl (C=O) groups excluding carboxylic acids is 1. The number of carboxylic acids is 1. The lowest BCUT2D eigenvalue weighted by Crippen LogP contribution is -2.54. The van der Waals surface area contributed by atoms with Crippen molar-refractivity contribution in [3.8, 4) is 0 Å². The third kappa shape index (κ3) is 4.10. The minimum atomic E-state index is -0.873. The first-order valence-electron chi connectivity index (χ1n) is 7.48. The van der Waals surface area contributed by atoms with Crippen molar-refractivity contribution in [1.29, 1.82) is 0 Å². The maximum atomic E-state index is 12.2. The van der Waals surface area contributed by atoms with E-state index in [1.165, 1.54) is 12.8 Å². The molecule has 2 rings (SSSR count). The Hall–Kier alpha value is -1.30. The molecule has 2 amide bonds. The number of amides is 2. The van der Waals surface area contributed by atoms with Crippen LogP contribution in [0.2, 0.25) is 0 Å². The molecule has 2 fully saturated rings. The molecule has 2 N–H and O–H groups in total. The van der Waals surface area contributed by atoms with Gasteiger partial charge in [0.15, 0.2) is 0 Å². The molecule has 1 heterocycles. The van der Waals surface area contributed by atoms with Gasteiger partial charge >= 0.3 is 12.0 Å². The number of piperazine rings is 1. The van der Waals surface area contributed by atoms with Crippen LogP contribution in [0.4, 0.5) is 4.79 Å². The molecule has 0 bridgehead atoms. The highest BCUT2D eigenvalue weighted by Crippen LogP contribution is 2.27. The molecular weight excluding hydrogens is 258 g/mol. The summed E-state index contributed by atoms with van der Waals surface area (Å²) in [7, 11) is 0. The zero-order valence-electron chi connectivity index (χ0n) is 12.3. The molecule has 1 aliphatic heterocycles. The number of rotatable bonds is 5. The van der Waals surface area contributed by atoms with Crippen molar-refractivity contribution < 1.29 is 14.7 Å². The normalized spacial score (nSPS) is 21.9. The van der Waals surface area contributed by atoms with Gasteiger partial charge in [-0.1, -0.05) is 13.8 Å². The summed E-state index contributed by atoms with van der Waals surface area (Å²) in [5.41, 5.74) is 0. The Morgan fingerprint density at radius 1 is 1.20 bits per heavy atom. The van der Waals surface area contributed by atoms with E-state index in [1.807, 2.05) is 13.8 Å². The van der Waals surface area contributed by atoms with Gasteiger partial charge in [-0.2, -0.15) is 0 Å². The fourth-order valence-corrected chi connectivity index (χ4v) is 2.62. The van der Waals surface area contributed by atoms with Crippen LogP contribution in [0.1, 0.15) is 33.1 Å². The summed E-state index contributed by atoms with van der Waals surface area (Å²) in [5.74, 6) is -0.759. The lowest BCUT2D eigenvalue weighted by molar-refractivity contribution is -0.137.